The summed E-state index contributed by atoms with van der Waals surface area (Å²) in [5.74, 6) is -2.39. The topological polar surface area (TPSA) is 96.7 Å². The van der Waals surface area contributed by atoms with Gasteiger partial charge >= 0.3 is 11.9 Å². The molecule has 0 bridgehead atoms. The molecule has 0 aromatic carbocycles. The molecule has 0 fully saturated rings. The van der Waals surface area contributed by atoms with Crippen LogP contribution in [0.1, 0.15) is 37.7 Å². The molecule has 0 aliphatic heterocycles. The van der Waals surface area contributed by atoms with Gasteiger partial charge in [-0.3, -0.25) is 4.98 Å². The second kappa shape index (κ2) is 4.92. The van der Waals surface area contributed by atoms with Gasteiger partial charge < -0.3 is 14.9 Å². The molecule has 0 atom stereocenters. The van der Waals surface area contributed by atoms with Crippen LogP contribution in [0.3, 0.4) is 0 Å². The van der Waals surface area contributed by atoms with Gasteiger partial charge in [0.15, 0.2) is 0 Å². The number of aromatic carboxylic acids is 2. The predicted octanol–water partition coefficient (Wildman–Crippen LogP) is 1.24. The maximum absolute atomic E-state index is 11.1. The van der Waals surface area contributed by atoms with E-state index in [1.54, 1.807) is 0 Å². The van der Waals surface area contributed by atoms with Crippen LogP contribution in [0.4, 0.5) is 0 Å². The second-order valence-corrected chi connectivity index (χ2v) is 3.56. The molecular formula is C11H13NO5. The molecule has 0 saturated carbocycles. The molecule has 6 heteroatoms. The number of methoxy groups -OCH3 is 1. The maximum atomic E-state index is 11.1. The highest BCUT2D eigenvalue weighted by Gasteiger charge is 2.23. The summed E-state index contributed by atoms with van der Waals surface area (Å²) in [5.41, 5.74) is 0.550. The zero-order chi connectivity index (χ0) is 13.2. The van der Waals surface area contributed by atoms with Crippen molar-refractivity contribution < 1.29 is 24.5 Å². The fourth-order valence-electron chi connectivity index (χ4n) is 1.77. The molecule has 0 aliphatic rings. The van der Waals surface area contributed by atoms with Gasteiger partial charge in [-0.2, -0.15) is 0 Å². The Morgan fingerprint density at radius 3 is 2.12 bits per heavy atom. The first kappa shape index (κ1) is 13.1. The van der Waals surface area contributed by atoms with Crippen LogP contribution < -0.4 is 0 Å². The minimum Gasteiger partial charge on any atom is -0.478 e. The lowest BCUT2D eigenvalue weighted by Gasteiger charge is -2.12. The Bertz CT molecular complexity index is 481. The standard InChI is InChI=1S/C11H13NO5/c1-5-8(10(13)14)6(2)12-7(4-17-3)9(5)11(15)16/h4H2,1-3H3,(H,13,14)(H,15,16). The molecule has 1 aromatic rings. The first-order chi connectivity index (χ1) is 7.90. The summed E-state index contributed by atoms with van der Waals surface area (Å²) in [7, 11) is 1.42. The van der Waals surface area contributed by atoms with E-state index in [-0.39, 0.29) is 34.7 Å². The van der Waals surface area contributed by atoms with Crippen LogP contribution in [0.5, 0.6) is 0 Å². The number of ether oxygens (including phenoxy) is 1. The van der Waals surface area contributed by atoms with E-state index in [2.05, 4.69) is 4.98 Å². The molecule has 92 valence electrons. The van der Waals surface area contributed by atoms with Gasteiger partial charge in [-0.15, -0.1) is 0 Å². The van der Waals surface area contributed by atoms with Gasteiger partial charge in [0.1, 0.15) is 0 Å². The number of pyridine rings is 1. The van der Waals surface area contributed by atoms with Crippen LogP contribution in [-0.4, -0.2) is 34.2 Å². The number of hydrogen-bond donors (Lipinski definition) is 2. The van der Waals surface area contributed by atoms with Gasteiger partial charge in [-0.25, -0.2) is 9.59 Å². The summed E-state index contributed by atoms with van der Waals surface area (Å²) in [4.78, 5) is 26.1. The van der Waals surface area contributed by atoms with Crippen molar-refractivity contribution in [1.82, 2.24) is 4.98 Å². The molecule has 0 aliphatic carbocycles. The Balaban J connectivity index is 3.57. The van der Waals surface area contributed by atoms with E-state index < -0.39 is 11.9 Å². The SMILES string of the molecule is COCc1nc(C)c(C(=O)O)c(C)c1C(=O)O. The van der Waals surface area contributed by atoms with E-state index in [0.29, 0.717) is 0 Å². The monoisotopic (exact) mass is 239 g/mol. The number of nitrogens with zero attached hydrogens (tertiary/aromatic N) is 1. The molecule has 2 N–H and O–H groups in total. The third-order valence-corrected chi connectivity index (χ3v) is 2.41. The quantitative estimate of drug-likeness (QED) is 0.820. The van der Waals surface area contributed by atoms with Crippen LogP contribution >= 0.6 is 0 Å². The number of hydrogen-bond acceptors (Lipinski definition) is 4. The average molecular weight is 239 g/mol. The average Bonchev–Trinajstić information content (AvgIpc) is 2.15. The summed E-state index contributed by atoms with van der Waals surface area (Å²) < 4.78 is 4.86. The van der Waals surface area contributed by atoms with Crippen molar-refractivity contribution >= 4 is 11.9 Å². The number of carboxylic acids is 2. The molecule has 0 saturated heterocycles. The summed E-state index contributed by atoms with van der Waals surface area (Å²) in [6, 6.07) is 0. The highest BCUT2D eigenvalue weighted by atomic mass is 16.5. The molecular weight excluding hydrogens is 226 g/mol. The summed E-state index contributed by atoms with van der Waals surface area (Å²) in [5, 5.41) is 18.1. The zero-order valence-corrected chi connectivity index (χ0v) is 9.77. The van der Waals surface area contributed by atoms with Gasteiger partial charge in [0.25, 0.3) is 0 Å². The lowest BCUT2D eigenvalue weighted by atomic mass is 10.00. The number of aryl methyl sites for hydroxylation is 1. The van der Waals surface area contributed by atoms with Gasteiger partial charge in [-0.05, 0) is 19.4 Å². The normalized spacial score (nSPS) is 10.3. The van der Waals surface area contributed by atoms with Crippen molar-refractivity contribution in [2.24, 2.45) is 0 Å². The Labute approximate surface area is 97.9 Å². The number of aromatic nitrogens is 1. The van der Waals surface area contributed by atoms with E-state index in [9.17, 15) is 9.59 Å². The van der Waals surface area contributed by atoms with Crippen molar-refractivity contribution in [2.75, 3.05) is 7.11 Å². The molecule has 0 amide bonds. The Morgan fingerprint density at radius 2 is 1.71 bits per heavy atom. The van der Waals surface area contributed by atoms with Crippen molar-refractivity contribution in [1.29, 1.82) is 0 Å². The van der Waals surface area contributed by atoms with E-state index in [0.717, 1.165) is 0 Å². The second-order valence-electron chi connectivity index (χ2n) is 3.56. The molecule has 1 rings (SSSR count). The van der Waals surface area contributed by atoms with E-state index in [1.165, 1.54) is 21.0 Å². The summed E-state index contributed by atoms with van der Waals surface area (Å²) >= 11 is 0. The molecule has 0 spiro atoms. The molecule has 6 nitrogen and oxygen atoms in total. The minimum atomic E-state index is -1.20. The van der Waals surface area contributed by atoms with E-state index in [1.807, 2.05) is 0 Å². The largest absolute Gasteiger partial charge is 0.478 e. The molecule has 1 aromatic heterocycles. The first-order valence-electron chi connectivity index (χ1n) is 4.85. The molecule has 1 heterocycles. The third kappa shape index (κ3) is 2.42. The van der Waals surface area contributed by atoms with Crippen LogP contribution in [0.15, 0.2) is 0 Å². The van der Waals surface area contributed by atoms with Gasteiger partial charge in [-0.1, -0.05) is 0 Å². The Hall–Kier alpha value is -1.95. The number of carbonyl (C=O) groups is 2. The van der Waals surface area contributed by atoms with Gasteiger partial charge in [0.2, 0.25) is 0 Å². The molecule has 0 unspecified atom stereocenters. The number of carboxylic acid groups (broad SMARTS) is 2. The van der Waals surface area contributed by atoms with Crippen LogP contribution in [0.25, 0.3) is 0 Å². The fraction of sp³-hybridized carbons (Fsp3) is 0.364. The van der Waals surface area contributed by atoms with Crippen LogP contribution in [-0.2, 0) is 11.3 Å². The maximum Gasteiger partial charge on any atom is 0.337 e. The van der Waals surface area contributed by atoms with Crippen molar-refractivity contribution in [3.63, 3.8) is 0 Å². The smallest absolute Gasteiger partial charge is 0.337 e. The van der Waals surface area contributed by atoms with E-state index >= 15 is 0 Å². The fourth-order valence-corrected chi connectivity index (χ4v) is 1.77. The highest BCUT2D eigenvalue weighted by Crippen LogP contribution is 2.20. The van der Waals surface area contributed by atoms with Gasteiger partial charge in [0, 0.05) is 7.11 Å². The van der Waals surface area contributed by atoms with E-state index in [4.69, 9.17) is 14.9 Å². The minimum absolute atomic E-state index is 0.0310. The van der Waals surface area contributed by atoms with Crippen molar-refractivity contribution in [2.45, 2.75) is 20.5 Å². The predicted molar refractivity (Wildman–Crippen MR) is 58.3 cm³/mol. The highest BCUT2D eigenvalue weighted by molar-refractivity contribution is 5.97. The van der Waals surface area contributed by atoms with Crippen molar-refractivity contribution in [3.05, 3.63) is 28.1 Å². The van der Waals surface area contributed by atoms with Gasteiger partial charge in [0.05, 0.1) is 29.1 Å². The third-order valence-electron chi connectivity index (χ3n) is 2.41. The lowest BCUT2D eigenvalue weighted by Crippen LogP contribution is -2.15. The van der Waals surface area contributed by atoms with Crippen molar-refractivity contribution in [3.8, 4) is 0 Å². The first-order valence-corrected chi connectivity index (χ1v) is 4.85. The van der Waals surface area contributed by atoms with Crippen LogP contribution in [0, 0.1) is 13.8 Å². The summed E-state index contributed by atoms with van der Waals surface area (Å²) in [6.45, 7) is 3.02. The Morgan fingerprint density at radius 1 is 1.18 bits per heavy atom. The molecule has 0 radical (unpaired) electrons. The number of rotatable bonds is 4. The summed E-state index contributed by atoms with van der Waals surface area (Å²) in [6.07, 6.45) is 0. The lowest BCUT2D eigenvalue weighted by molar-refractivity contribution is 0.0689. The Kier molecular flexibility index (Phi) is 3.80. The molecule has 17 heavy (non-hydrogen) atoms. The zero-order valence-electron chi connectivity index (χ0n) is 9.77. The van der Waals surface area contributed by atoms with Crippen LogP contribution in [0.2, 0.25) is 0 Å².